The van der Waals surface area contributed by atoms with E-state index in [0.717, 1.165) is 11.1 Å². The number of hydrogen-bond donors (Lipinski definition) is 2. The first-order chi connectivity index (χ1) is 13.0. The molecule has 1 aliphatic rings. The van der Waals surface area contributed by atoms with Crippen LogP contribution in [0.1, 0.15) is 23.1 Å². The highest BCUT2D eigenvalue weighted by atomic mass is 32.2. The summed E-state index contributed by atoms with van der Waals surface area (Å²) in [5.74, 6) is -0.445. The Morgan fingerprint density at radius 1 is 1.11 bits per heavy atom. The Balaban J connectivity index is 1.54. The number of rotatable bonds is 5. The maximum Gasteiger partial charge on any atom is 0.240 e. The first-order valence-corrected chi connectivity index (χ1v) is 9.39. The van der Waals surface area contributed by atoms with Gasteiger partial charge in [-0.15, -0.1) is 5.10 Å². The summed E-state index contributed by atoms with van der Waals surface area (Å²) in [5.41, 5.74) is 3.92. The Bertz CT molecular complexity index is 889. The molecule has 1 fully saturated rings. The van der Waals surface area contributed by atoms with E-state index in [2.05, 4.69) is 20.8 Å². The minimum atomic E-state index is -0.510. The van der Waals surface area contributed by atoms with Gasteiger partial charge in [-0.25, -0.2) is 0 Å². The summed E-state index contributed by atoms with van der Waals surface area (Å²) in [6.45, 7) is 3.99. The first-order valence-electron chi connectivity index (χ1n) is 8.51. The molecule has 1 atom stereocenters. The van der Waals surface area contributed by atoms with Gasteiger partial charge in [-0.2, -0.15) is 5.10 Å². The van der Waals surface area contributed by atoms with Gasteiger partial charge in [0.2, 0.25) is 11.8 Å². The van der Waals surface area contributed by atoms with Crippen molar-refractivity contribution in [1.29, 1.82) is 0 Å². The molecule has 2 N–H and O–H groups in total. The highest BCUT2D eigenvalue weighted by Gasteiger charge is 2.32. The summed E-state index contributed by atoms with van der Waals surface area (Å²) in [5, 5.41) is 13.4. The summed E-state index contributed by atoms with van der Waals surface area (Å²) in [7, 11) is 0. The zero-order chi connectivity index (χ0) is 19.2. The van der Waals surface area contributed by atoms with Gasteiger partial charge in [-0.1, -0.05) is 59.3 Å². The van der Waals surface area contributed by atoms with Crippen molar-refractivity contribution in [2.24, 2.45) is 10.2 Å². The van der Waals surface area contributed by atoms with Gasteiger partial charge < -0.3 is 10.6 Å². The van der Waals surface area contributed by atoms with E-state index in [4.69, 9.17) is 0 Å². The van der Waals surface area contributed by atoms with E-state index in [0.29, 0.717) is 10.9 Å². The van der Waals surface area contributed by atoms with Crippen LogP contribution in [-0.4, -0.2) is 28.4 Å². The molecule has 0 bridgehead atoms. The Morgan fingerprint density at radius 2 is 1.74 bits per heavy atom. The number of carbonyl (C=O) groups is 2. The van der Waals surface area contributed by atoms with Gasteiger partial charge in [0, 0.05) is 12.1 Å². The Labute approximate surface area is 162 Å². The fourth-order valence-electron chi connectivity index (χ4n) is 2.40. The Kier molecular flexibility index (Phi) is 6.03. The molecule has 7 heteroatoms. The lowest BCUT2D eigenvalue weighted by Crippen LogP contribution is -2.28. The van der Waals surface area contributed by atoms with Crippen molar-refractivity contribution in [2.75, 3.05) is 5.32 Å². The number of amides is 2. The molecule has 0 saturated carbocycles. The topological polar surface area (TPSA) is 82.9 Å². The van der Waals surface area contributed by atoms with E-state index in [1.54, 1.807) is 6.21 Å². The third-order valence-corrected chi connectivity index (χ3v) is 4.99. The largest absolute Gasteiger partial charge is 0.326 e. The fraction of sp³-hybridized carbons (Fsp3) is 0.200. The number of thioether (sulfide) groups is 1. The summed E-state index contributed by atoms with van der Waals surface area (Å²) in [6.07, 6.45) is 1.70. The van der Waals surface area contributed by atoms with Crippen molar-refractivity contribution in [1.82, 2.24) is 5.32 Å². The van der Waals surface area contributed by atoms with Crippen LogP contribution in [0, 0.1) is 13.8 Å². The molecule has 0 unspecified atom stereocenters. The van der Waals surface area contributed by atoms with Crippen molar-refractivity contribution in [3.8, 4) is 0 Å². The van der Waals surface area contributed by atoms with Gasteiger partial charge >= 0.3 is 0 Å². The molecule has 2 aromatic carbocycles. The smallest absolute Gasteiger partial charge is 0.240 e. The SMILES string of the molecule is Cc1ccc(/C=N\N=C2\NC(=O)[C@@H](CC(=O)Nc3ccc(C)cc3)S2)cc1. The molecule has 138 valence electrons. The lowest BCUT2D eigenvalue weighted by atomic mass is 10.2. The zero-order valence-corrected chi connectivity index (χ0v) is 15.9. The van der Waals surface area contributed by atoms with Crippen molar-refractivity contribution in [2.45, 2.75) is 25.5 Å². The quantitative estimate of drug-likeness (QED) is 0.617. The number of nitrogens with zero attached hydrogens (tertiary/aromatic N) is 2. The second-order valence-corrected chi connectivity index (χ2v) is 7.47. The lowest BCUT2D eigenvalue weighted by Gasteiger charge is -2.07. The van der Waals surface area contributed by atoms with Crippen LogP contribution in [0.4, 0.5) is 5.69 Å². The third kappa shape index (κ3) is 5.52. The predicted molar refractivity (Wildman–Crippen MR) is 110 cm³/mol. The van der Waals surface area contributed by atoms with Crippen LogP contribution < -0.4 is 10.6 Å². The normalized spacial score (nSPS) is 18.1. The number of amidine groups is 1. The molecular formula is C20H20N4O2S. The van der Waals surface area contributed by atoms with Gasteiger partial charge in [0.25, 0.3) is 0 Å². The zero-order valence-electron chi connectivity index (χ0n) is 15.1. The highest BCUT2D eigenvalue weighted by Crippen LogP contribution is 2.23. The van der Waals surface area contributed by atoms with Gasteiger partial charge in [-0.3, -0.25) is 9.59 Å². The summed E-state index contributed by atoms with van der Waals surface area (Å²) in [6, 6.07) is 15.4. The van der Waals surface area contributed by atoms with E-state index in [1.807, 2.05) is 62.4 Å². The molecule has 1 aliphatic heterocycles. The van der Waals surface area contributed by atoms with Crippen molar-refractivity contribution >= 4 is 40.6 Å². The lowest BCUT2D eigenvalue weighted by molar-refractivity contribution is -0.122. The van der Waals surface area contributed by atoms with Gasteiger partial charge in [0.05, 0.1) is 6.21 Å². The van der Waals surface area contributed by atoms with Gasteiger partial charge in [0.15, 0.2) is 5.17 Å². The van der Waals surface area contributed by atoms with Gasteiger partial charge in [-0.05, 0) is 31.5 Å². The second-order valence-electron chi connectivity index (χ2n) is 6.27. The molecule has 0 spiro atoms. The van der Waals surface area contributed by atoms with Gasteiger partial charge in [0.1, 0.15) is 5.25 Å². The van der Waals surface area contributed by atoms with E-state index in [-0.39, 0.29) is 18.2 Å². The Morgan fingerprint density at radius 3 is 2.41 bits per heavy atom. The van der Waals surface area contributed by atoms with Crippen LogP contribution >= 0.6 is 11.8 Å². The summed E-state index contributed by atoms with van der Waals surface area (Å²) >= 11 is 1.21. The van der Waals surface area contributed by atoms with Crippen LogP contribution in [0.3, 0.4) is 0 Å². The molecule has 0 aromatic heterocycles. The maximum absolute atomic E-state index is 12.2. The van der Waals surface area contributed by atoms with E-state index < -0.39 is 5.25 Å². The molecule has 0 aliphatic carbocycles. The average molecular weight is 380 g/mol. The molecule has 0 radical (unpaired) electrons. The van der Waals surface area contributed by atoms with Crippen molar-refractivity contribution in [3.05, 3.63) is 65.2 Å². The molecule has 3 rings (SSSR count). The number of hydrogen-bond acceptors (Lipinski definition) is 5. The minimum absolute atomic E-state index is 0.0745. The highest BCUT2D eigenvalue weighted by molar-refractivity contribution is 8.15. The first kappa shape index (κ1) is 18.8. The van der Waals surface area contributed by atoms with Crippen molar-refractivity contribution in [3.63, 3.8) is 0 Å². The molecule has 1 heterocycles. The molecule has 27 heavy (non-hydrogen) atoms. The second kappa shape index (κ2) is 8.64. The van der Waals surface area contributed by atoms with Crippen molar-refractivity contribution < 1.29 is 9.59 Å². The minimum Gasteiger partial charge on any atom is -0.326 e. The molecule has 6 nitrogen and oxygen atoms in total. The Hall–Kier alpha value is -2.93. The van der Waals surface area contributed by atoms with Crippen LogP contribution in [0.2, 0.25) is 0 Å². The molecule has 2 aromatic rings. The summed E-state index contributed by atoms with van der Waals surface area (Å²) < 4.78 is 0. The van der Waals surface area contributed by atoms with Crippen LogP contribution in [0.25, 0.3) is 0 Å². The monoisotopic (exact) mass is 380 g/mol. The van der Waals surface area contributed by atoms with E-state index in [9.17, 15) is 9.59 Å². The number of nitrogens with one attached hydrogen (secondary N) is 2. The predicted octanol–water partition coefficient (Wildman–Crippen LogP) is 3.25. The molecule has 1 saturated heterocycles. The molecule has 2 amide bonds. The third-order valence-electron chi connectivity index (χ3n) is 3.92. The fourth-order valence-corrected chi connectivity index (χ4v) is 3.33. The molecular weight excluding hydrogens is 360 g/mol. The van der Waals surface area contributed by atoms with E-state index in [1.165, 1.54) is 17.3 Å². The number of carbonyl (C=O) groups excluding carboxylic acids is 2. The standard InChI is InChI=1S/C20H20N4O2S/c1-13-3-7-15(8-4-13)12-21-24-20-23-19(26)17(27-20)11-18(25)22-16-9-5-14(2)6-10-16/h3-10,12,17H,11H2,1-2H3,(H,22,25)(H,23,24,26)/b21-12-/t17-/m1/s1. The maximum atomic E-state index is 12.2. The van der Waals surface area contributed by atoms with E-state index >= 15 is 0 Å². The number of benzene rings is 2. The van der Waals surface area contributed by atoms with Crippen LogP contribution in [-0.2, 0) is 9.59 Å². The van der Waals surface area contributed by atoms with Crippen LogP contribution in [0.15, 0.2) is 58.7 Å². The number of aryl methyl sites for hydroxylation is 2. The summed E-state index contributed by atoms with van der Waals surface area (Å²) in [4.78, 5) is 24.2. The average Bonchev–Trinajstić information content (AvgIpc) is 2.98. The van der Waals surface area contributed by atoms with Crippen LogP contribution in [0.5, 0.6) is 0 Å². The number of anilines is 1.